The molecule has 1 aromatic heterocycles. The number of aldehydes is 1. The predicted octanol–water partition coefficient (Wildman–Crippen LogP) is 3.82. The van der Waals surface area contributed by atoms with Crippen molar-refractivity contribution in [3.63, 3.8) is 0 Å². The van der Waals surface area contributed by atoms with Crippen molar-refractivity contribution in [3.8, 4) is 11.1 Å². The Bertz CT molecular complexity index is 671. The lowest BCUT2D eigenvalue weighted by Crippen LogP contribution is -2.09. The highest BCUT2D eigenvalue weighted by molar-refractivity contribution is 6.33. The monoisotopic (exact) mass is 300 g/mol. The van der Waals surface area contributed by atoms with Crippen LogP contribution < -0.4 is 5.73 Å². The maximum absolute atomic E-state index is 12.5. The number of halogens is 4. The Balaban J connectivity index is 2.57. The standard InChI is InChI=1S/C13H8ClF3N2O/c14-10-2-1-7(6-20)3-8(10)9-5-19-12(4-11(9)18)13(15,16)17/h1-6H,(H2,18,19). The number of hydrogen-bond donors (Lipinski definition) is 1. The summed E-state index contributed by atoms with van der Waals surface area (Å²) < 4.78 is 37.5. The summed E-state index contributed by atoms with van der Waals surface area (Å²) in [6.07, 6.45) is -2.97. The minimum atomic E-state index is -4.57. The van der Waals surface area contributed by atoms with E-state index in [1.807, 2.05) is 0 Å². The molecule has 0 saturated carbocycles. The fraction of sp³-hybridized carbons (Fsp3) is 0.0769. The molecule has 0 unspecified atom stereocenters. The zero-order chi connectivity index (χ0) is 14.9. The van der Waals surface area contributed by atoms with Gasteiger partial charge in [-0.1, -0.05) is 17.7 Å². The molecule has 20 heavy (non-hydrogen) atoms. The lowest BCUT2D eigenvalue weighted by atomic mass is 10.0. The maximum Gasteiger partial charge on any atom is 0.433 e. The number of carbonyl (C=O) groups is 1. The third-order valence-electron chi connectivity index (χ3n) is 2.64. The predicted molar refractivity (Wildman–Crippen MR) is 69.5 cm³/mol. The van der Waals surface area contributed by atoms with Gasteiger partial charge in [-0.25, -0.2) is 0 Å². The Morgan fingerprint density at radius 2 is 1.90 bits per heavy atom. The second-order valence-electron chi connectivity index (χ2n) is 4.01. The summed E-state index contributed by atoms with van der Waals surface area (Å²) >= 11 is 5.97. The van der Waals surface area contributed by atoms with E-state index in [1.165, 1.54) is 18.2 Å². The van der Waals surface area contributed by atoms with Crippen molar-refractivity contribution in [2.75, 3.05) is 5.73 Å². The molecule has 7 heteroatoms. The van der Waals surface area contributed by atoms with Gasteiger partial charge in [-0.2, -0.15) is 13.2 Å². The van der Waals surface area contributed by atoms with E-state index < -0.39 is 11.9 Å². The largest absolute Gasteiger partial charge is 0.433 e. The zero-order valence-corrected chi connectivity index (χ0v) is 10.7. The van der Waals surface area contributed by atoms with Gasteiger partial charge >= 0.3 is 6.18 Å². The van der Waals surface area contributed by atoms with Crippen LogP contribution in [0.2, 0.25) is 5.02 Å². The summed E-state index contributed by atoms with van der Waals surface area (Å²) in [4.78, 5) is 14.1. The molecule has 0 aliphatic rings. The van der Waals surface area contributed by atoms with Crippen LogP contribution in [0.3, 0.4) is 0 Å². The number of nitrogen functional groups attached to an aromatic ring is 1. The maximum atomic E-state index is 12.5. The summed E-state index contributed by atoms with van der Waals surface area (Å²) in [5.74, 6) is 0. The summed E-state index contributed by atoms with van der Waals surface area (Å²) in [5, 5.41) is 0.267. The van der Waals surface area contributed by atoms with E-state index in [1.54, 1.807) is 0 Å². The molecule has 0 radical (unpaired) electrons. The average Bonchev–Trinajstić information content (AvgIpc) is 2.38. The van der Waals surface area contributed by atoms with Crippen LogP contribution in [-0.2, 0) is 6.18 Å². The van der Waals surface area contributed by atoms with Crippen LogP contribution in [0.15, 0.2) is 30.5 Å². The molecule has 0 bridgehead atoms. The van der Waals surface area contributed by atoms with E-state index in [9.17, 15) is 18.0 Å². The minimum Gasteiger partial charge on any atom is -0.398 e. The molecule has 1 aromatic carbocycles. The average molecular weight is 301 g/mol. The SMILES string of the molecule is Nc1cc(C(F)(F)F)ncc1-c1cc(C=O)ccc1Cl. The van der Waals surface area contributed by atoms with Gasteiger partial charge in [0, 0.05) is 33.6 Å². The molecule has 0 aliphatic carbocycles. The van der Waals surface area contributed by atoms with Crippen LogP contribution in [0.1, 0.15) is 16.1 Å². The third kappa shape index (κ3) is 2.75. The fourth-order valence-corrected chi connectivity index (χ4v) is 1.89. The van der Waals surface area contributed by atoms with E-state index in [-0.39, 0.29) is 16.3 Å². The number of pyridine rings is 1. The molecule has 104 valence electrons. The van der Waals surface area contributed by atoms with Crippen LogP contribution in [0.5, 0.6) is 0 Å². The Morgan fingerprint density at radius 3 is 2.45 bits per heavy atom. The van der Waals surface area contributed by atoms with Crippen molar-refractivity contribution < 1.29 is 18.0 Å². The molecule has 0 fully saturated rings. The summed E-state index contributed by atoms with van der Waals surface area (Å²) in [7, 11) is 0. The van der Waals surface area contributed by atoms with Gasteiger partial charge in [-0.05, 0) is 18.2 Å². The molecule has 0 amide bonds. The number of hydrogen-bond acceptors (Lipinski definition) is 3. The van der Waals surface area contributed by atoms with Crippen molar-refractivity contribution in [3.05, 3.63) is 46.7 Å². The Labute approximate surface area is 117 Å². The van der Waals surface area contributed by atoms with Crippen molar-refractivity contribution in [1.82, 2.24) is 4.98 Å². The highest BCUT2D eigenvalue weighted by Gasteiger charge is 2.33. The van der Waals surface area contributed by atoms with Crippen LogP contribution in [0.25, 0.3) is 11.1 Å². The van der Waals surface area contributed by atoms with Crippen LogP contribution in [0.4, 0.5) is 18.9 Å². The van der Waals surface area contributed by atoms with Gasteiger partial charge in [0.15, 0.2) is 0 Å². The number of aromatic nitrogens is 1. The first-order chi connectivity index (χ1) is 9.32. The van der Waals surface area contributed by atoms with E-state index in [2.05, 4.69) is 4.98 Å². The van der Waals surface area contributed by atoms with Gasteiger partial charge in [-0.15, -0.1) is 0 Å². The van der Waals surface area contributed by atoms with Crippen LogP contribution in [0, 0.1) is 0 Å². The minimum absolute atomic E-state index is 0.114. The Morgan fingerprint density at radius 1 is 1.20 bits per heavy atom. The first-order valence-corrected chi connectivity index (χ1v) is 5.78. The molecular weight excluding hydrogens is 293 g/mol. The summed E-state index contributed by atoms with van der Waals surface area (Å²) in [6, 6.07) is 5.14. The smallest absolute Gasteiger partial charge is 0.398 e. The topological polar surface area (TPSA) is 56.0 Å². The molecule has 0 aliphatic heterocycles. The van der Waals surface area contributed by atoms with E-state index in [0.717, 1.165) is 12.3 Å². The molecule has 0 saturated heterocycles. The van der Waals surface area contributed by atoms with Gasteiger partial charge in [-0.3, -0.25) is 9.78 Å². The molecule has 0 atom stereocenters. The Hall–Kier alpha value is -2.08. The highest BCUT2D eigenvalue weighted by atomic mass is 35.5. The van der Waals surface area contributed by atoms with Crippen molar-refractivity contribution in [2.45, 2.75) is 6.18 Å². The van der Waals surface area contributed by atoms with Crippen molar-refractivity contribution in [1.29, 1.82) is 0 Å². The molecule has 2 rings (SSSR count). The molecule has 0 spiro atoms. The second kappa shape index (κ2) is 5.13. The van der Waals surface area contributed by atoms with Gasteiger partial charge < -0.3 is 5.73 Å². The van der Waals surface area contributed by atoms with Crippen molar-refractivity contribution in [2.24, 2.45) is 0 Å². The molecule has 2 N–H and O–H groups in total. The number of anilines is 1. The highest BCUT2D eigenvalue weighted by Crippen LogP contribution is 2.35. The number of nitrogens with zero attached hydrogens (tertiary/aromatic N) is 1. The van der Waals surface area contributed by atoms with Crippen LogP contribution in [-0.4, -0.2) is 11.3 Å². The quantitative estimate of drug-likeness (QED) is 0.858. The Kier molecular flexibility index (Phi) is 3.67. The normalized spacial score (nSPS) is 11.4. The molecule has 1 heterocycles. The summed E-state index contributed by atoms with van der Waals surface area (Å²) in [6.45, 7) is 0. The number of nitrogens with two attached hydrogens (primary N) is 1. The number of alkyl halides is 3. The van der Waals surface area contributed by atoms with E-state index in [4.69, 9.17) is 17.3 Å². The van der Waals surface area contributed by atoms with Gasteiger partial charge in [0.05, 0.1) is 0 Å². The number of rotatable bonds is 2. The number of carbonyl (C=O) groups excluding carboxylic acids is 1. The van der Waals surface area contributed by atoms with Gasteiger partial charge in [0.2, 0.25) is 0 Å². The lowest BCUT2D eigenvalue weighted by molar-refractivity contribution is -0.141. The lowest BCUT2D eigenvalue weighted by Gasteiger charge is -2.11. The fourth-order valence-electron chi connectivity index (χ4n) is 1.67. The van der Waals surface area contributed by atoms with E-state index in [0.29, 0.717) is 17.4 Å². The van der Waals surface area contributed by atoms with Gasteiger partial charge in [0.25, 0.3) is 0 Å². The van der Waals surface area contributed by atoms with Gasteiger partial charge in [0.1, 0.15) is 12.0 Å². The summed E-state index contributed by atoms with van der Waals surface area (Å²) in [5.41, 5.74) is 5.36. The second-order valence-corrected chi connectivity index (χ2v) is 4.42. The molecule has 2 aromatic rings. The van der Waals surface area contributed by atoms with Crippen molar-refractivity contribution >= 4 is 23.6 Å². The first kappa shape index (κ1) is 14.3. The van der Waals surface area contributed by atoms with E-state index >= 15 is 0 Å². The first-order valence-electron chi connectivity index (χ1n) is 5.40. The van der Waals surface area contributed by atoms with Crippen LogP contribution >= 0.6 is 11.6 Å². The zero-order valence-electron chi connectivity index (χ0n) is 9.91. The number of benzene rings is 1. The third-order valence-corrected chi connectivity index (χ3v) is 2.97. The molecular formula is C13H8ClF3N2O. The molecule has 3 nitrogen and oxygen atoms in total.